The van der Waals surface area contributed by atoms with Crippen LogP contribution in [0.25, 0.3) is 0 Å². The maximum atomic E-state index is 12.9. The highest BCUT2D eigenvalue weighted by Gasteiger charge is 2.44. The summed E-state index contributed by atoms with van der Waals surface area (Å²) in [5.74, 6) is -0.153. The van der Waals surface area contributed by atoms with E-state index in [1.807, 2.05) is 0 Å². The van der Waals surface area contributed by atoms with E-state index in [2.05, 4.69) is 43.5 Å². The molecule has 1 aliphatic heterocycles. The minimum Gasteiger partial charge on any atom is -0.394 e. The van der Waals surface area contributed by atoms with Gasteiger partial charge in [-0.1, -0.05) is 167 Å². The number of carbonyl (C=O) groups is 1. The molecule has 0 bridgehead atoms. The zero-order chi connectivity index (χ0) is 38.8. The molecule has 0 spiro atoms. The van der Waals surface area contributed by atoms with Crippen LogP contribution < -0.4 is 5.32 Å². The van der Waals surface area contributed by atoms with Crippen LogP contribution in [0.3, 0.4) is 0 Å². The highest BCUT2D eigenvalue weighted by Crippen LogP contribution is 2.23. The van der Waals surface area contributed by atoms with Gasteiger partial charge in [-0.25, -0.2) is 0 Å². The van der Waals surface area contributed by atoms with Gasteiger partial charge in [0.2, 0.25) is 5.91 Å². The summed E-state index contributed by atoms with van der Waals surface area (Å²) in [5, 5.41) is 54.2. The van der Waals surface area contributed by atoms with Gasteiger partial charge in [0, 0.05) is 6.42 Å². The molecule has 0 aromatic heterocycles. The van der Waals surface area contributed by atoms with Crippen molar-refractivity contribution < 1.29 is 39.8 Å². The zero-order valence-corrected chi connectivity index (χ0v) is 34.0. The number of amides is 1. The van der Waals surface area contributed by atoms with Crippen LogP contribution in [0, 0.1) is 0 Å². The van der Waals surface area contributed by atoms with Crippen LogP contribution in [0.15, 0.2) is 24.3 Å². The van der Waals surface area contributed by atoms with Gasteiger partial charge in [-0.2, -0.15) is 0 Å². The molecular weight excluding hydrogens is 670 g/mol. The highest BCUT2D eigenvalue weighted by molar-refractivity contribution is 5.76. The van der Waals surface area contributed by atoms with Gasteiger partial charge in [-0.15, -0.1) is 0 Å². The van der Waals surface area contributed by atoms with Crippen LogP contribution in [-0.2, 0) is 14.3 Å². The number of rotatable bonds is 36. The Kier molecular flexibility index (Phi) is 32.9. The Bertz CT molecular complexity index is 883. The quantitative estimate of drug-likeness (QED) is 0.0275. The number of ether oxygens (including phenoxy) is 2. The smallest absolute Gasteiger partial charge is 0.220 e. The topological polar surface area (TPSA) is 149 Å². The van der Waals surface area contributed by atoms with E-state index in [0.717, 1.165) is 51.4 Å². The molecule has 7 unspecified atom stereocenters. The molecule has 0 aromatic carbocycles. The summed E-state index contributed by atoms with van der Waals surface area (Å²) in [6.07, 6.45) is 33.2. The third-order valence-corrected chi connectivity index (χ3v) is 10.6. The summed E-state index contributed by atoms with van der Waals surface area (Å²) < 4.78 is 11.2. The van der Waals surface area contributed by atoms with Crippen molar-refractivity contribution in [2.45, 2.75) is 236 Å². The van der Waals surface area contributed by atoms with Gasteiger partial charge in [0.1, 0.15) is 24.4 Å². The lowest BCUT2D eigenvalue weighted by atomic mass is 9.99. The van der Waals surface area contributed by atoms with E-state index in [-0.39, 0.29) is 12.5 Å². The van der Waals surface area contributed by atoms with E-state index in [0.29, 0.717) is 12.8 Å². The first kappa shape index (κ1) is 49.7. The largest absolute Gasteiger partial charge is 0.394 e. The van der Waals surface area contributed by atoms with Crippen LogP contribution in [0.2, 0.25) is 0 Å². The second kappa shape index (κ2) is 35.1. The maximum absolute atomic E-state index is 12.9. The molecule has 1 amide bonds. The predicted molar refractivity (Wildman–Crippen MR) is 217 cm³/mol. The van der Waals surface area contributed by atoms with Crippen molar-refractivity contribution in [1.29, 1.82) is 0 Å². The van der Waals surface area contributed by atoms with Gasteiger partial charge in [0.25, 0.3) is 0 Å². The van der Waals surface area contributed by atoms with Crippen LogP contribution in [0.1, 0.15) is 194 Å². The minimum atomic E-state index is -1.55. The highest BCUT2D eigenvalue weighted by atomic mass is 16.7. The first-order valence-electron chi connectivity index (χ1n) is 22.0. The number of hydrogen-bond acceptors (Lipinski definition) is 8. The Morgan fingerprint density at radius 1 is 0.642 bits per heavy atom. The Labute approximate surface area is 324 Å². The summed E-state index contributed by atoms with van der Waals surface area (Å²) in [6, 6.07) is -0.719. The van der Waals surface area contributed by atoms with Crippen LogP contribution in [0.4, 0.5) is 0 Å². The van der Waals surface area contributed by atoms with Crippen molar-refractivity contribution in [3.8, 4) is 0 Å². The van der Waals surface area contributed by atoms with Crippen molar-refractivity contribution in [1.82, 2.24) is 5.32 Å². The van der Waals surface area contributed by atoms with Crippen molar-refractivity contribution >= 4 is 5.91 Å². The average molecular weight is 754 g/mol. The van der Waals surface area contributed by atoms with Crippen molar-refractivity contribution in [3.05, 3.63) is 24.3 Å². The summed E-state index contributed by atoms with van der Waals surface area (Å²) >= 11 is 0. The minimum absolute atomic E-state index is 0.140. The lowest BCUT2D eigenvalue weighted by Gasteiger charge is -2.40. The van der Waals surface area contributed by atoms with E-state index in [1.165, 1.54) is 116 Å². The third-order valence-electron chi connectivity index (χ3n) is 10.6. The Morgan fingerprint density at radius 2 is 1.11 bits per heavy atom. The number of unbranched alkanes of at least 4 members (excludes halogenated alkanes) is 22. The average Bonchev–Trinajstić information content (AvgIpc) is 3.16. The van der Waals surface area contributed by atoms with Gasteiger partial charge in [0.05, 0.1) is 25.4 Å². The number of allylic oxidation sites excluding steroid dienone is 4. The Hall–Kier alpha value is -1.33. The standard InChI is InChI=1S/C44H83NO8/c1-3-5-7-9-11-13-15-17-18-19-20-21-22-24-26-28-30-32-34-40(48)45-37(36-52-44-43(51)42(50)41(49)39(35-46)53-44)38(47)33-31-29-27-25-23-16-14-12-10-8-6-4-2/h13,15,18-19,37-39,41-44,46-47,49-51H,3-12,14,16-17,20-36H2,1-2H3,(H,45,48)/b15-13-,19-18-. The molecule has 0 radical (unpaired) electrons. The molecule has 0 aliphatic carbocycles. The van der Waals surface area contributed by atoms with Crippen molar-refractivity contribution in [3.63, 3.8) is 0 Å². The summed E-state index contributed by atoms with van der Waals surface area (Å²) in [6.45, 7) is 3.80. The number of hydrogen-bond donors (Lipinski definition) is 6. The molecule has 53 heavy (non-hydrogen) atoms. The van der Waals surface area contributed by atoms with E-state index in [9.17, 15) is 30.3 Å². The molecule has 7 atom stereocenters. The SMILES string of the molecule is CCCCCC/C=C\C/C=C\CCCCCCCCCC(=O)NC(COC1OC(CO)C(O)C(O)C1O)C(O)CCCCCCCCCCCCCC. The van der Waals surface area contributed by atoms with Gasteiger partial charge in [0.15, 0.2) is 6.29 Å². The molecule has 9 nitrogen and oxygen atoms in total. The number of aliphatic hydroxyl groups excluding tert-OH is 5. The lowest BCUT2D eigenvalue weighted by Crippen LogP contribution is -2.60. The summed E-state index contributed by atoms with van der Waals surface area (Å²) in [5.41, 5.74) is 0. The fraction of sp³-hybridized carbons (Fsp3) is 0.886. The Balaban J connectivity index is 2.34. The van der Waals surface area contributed by atoms with E-state index >= 15 is 0 Å². The van der Waals surface area contributed by atoms with Gasteiger partial charge in [-0.05, 0) is 44.9 Å². The molecule has 312 valence electrons. The van der Waals surface area contributed by atoms with Crippen molar-refractivity contribution in [2.75, 3.05) is 13.2 Å². The molecule has 1 rings (SSSR count). The lowest BCUT2D eigenvalue weighted by molar-refractivity contribution is -0.302. The molecule has 1 fully saturated rings. The molecule has 1 saturated heterocycles. The molecule has 9 heteroatoms. The van der Waals surface area contributed by atoms with Crippen molar-refractivity contribution in [2.24, 2.45) is 0 Å². The first-order chi connectivity index (χ1) is 25.8. The molecule has 0 saturated carbocycles. The second-order valence-corrected chi connectivity index (χ2v) is 15.5. The van der Waals surface area contributed by atoms with Crippen LogP contribution in [0.5, 0.6) is 0 Å². The number of aliphatic hydroxyl groups is 5. The summed E-state index contributed by atoms with van der Waals surface area (Å²) in [4.78, 5) is 12.9. The van der Waals surface area contributed by atoms with E-state index < -0.39 is 49.5 Å². The molecule has 1 heterocycles. The normalized spacial score (nSPS) is 21.8. The maximum Gasteiger partial charge on any atom is 0.220 e. The number of nitrogens with one attached hydrogen (secondary N) is 1. The fourth-order valence-electron chi connectivity index (χ4n) is 6.95. The van der Waals surface area contributed by atoms with E-state index in [1.54, 1.807) is 0 Å². The van der Waals surface area contributed by atoms with Crippen LogP contribution in [-0.4, -0.2) is 87.5 Å². The van der Waals surface area contributed by atoms with Gasteiger partial charge >= 0.3 is 0 Å². The Morgan fingerprint density at radius 3 is 1.64 bits per heavy atom. The number of carbonyl (C=O) groups excluding carboxylic acids is 1. The summed E-state index contributed by atoms with van der Waals surface area (Å²) in [7, 11) is 0. The third kappa shape index (κ3) is 26.2. The monoisotopic (exact) mass is 754 g/mol. The molecule has 6 N–H and O–H groups in total. The first-order valence-corrected chi connectivity index (χ1v) is 22.0. The van der Waals surface area contributed by atoms with Gasteiger partial charge < -0.3 is 40.3 Å². The second-order valence-electron chi connectivity index (χ2n) is 15.5. The predicted octanol–water partition coefficient (Wildman–Crippen LogP) is 8.72. The van der Waals surface area contributed by atoms with Gasteiger partial charge in [-0.3, -0.25) is 4.79 Å². The molecular formula is C44H83NO8. The molecule has 1 aliphatic rings. The van der Waals surface area contributed by atoms with Crippen LogP contribution >= 0.6 is 0 Å². The molecule has 0 aromatic rings. The zero-order valence-electron chi connectivity index (χ0n) is 34.0. The van der Waals surface area contributed by atoms with E-state index in [4.69, 9.17) is 9.47 Å². The fourth-order valence-corrected chi connectivity index (χ4v) is 6.95.